The van der Waals surface area contributed by atoms with E-state index in [-0.39, 0.29) is 339 Å². The maximum Gasteiger partial charge on any atom is 0.0606 e. The van der Waals surface area contributed by atoms with E-state index in [0.717, 1.165) is 0 Å². The van der Waals surface area contributed by atoms with Crippen LogP contribution in [0.3, 0.4) is 0 Å². The van der Waals surface area contributed by atoms with Crippen molar-refractivity contribution in [1.82, 2.24) is 0 Å². The molecule has 0 aliphatic rings. The van der Waals surface area contributed by atoms with Crippen LogP contribution in [0.25, 0.3) is 0 Å². The number of hydrogen-bond donors (Lipinski definition) is 0. The third kappa shape index (κ3) is 144000. The van der Waals surface area contributed by atoms with Gasteiger partial charge in [0.25, 0.3) is 0 Å². The number of hydrogen-bond acceptors (Lipinski definition) is 0. The summed E-state index contributed by atoms with van der Waals surface area (Å²) in [4.78, 5) is 0. The van der Waals surface area contributed by atoms with Gasteiger partial charge >= 0.3 is 0 Å². The van der Waals surface area contributed by atoms with Gasteiger partial charge in [0.1, 0.15) is 0 Å². The normalized spacial score (nSPS) is 11.1. The zero-order valence-electron chi connectivity index (χ0n) is 126. The molecule has 0 rings (SSSR count). The summed E-state index contributed by atoms with van der Waals surface area (Å²) in [6, 6.07) is 0. The topological polar surface area (TPSA) is 0 Å². The van der Waals surface area contributed by atoms with E-state index in [1.165, 1.54) is 6.82 Å². The molecule has 0 spiro atoms. The second-order valence-corrected chi connectivity index (χ2v) is 0. The Balaban J connectivity index is -0.00000000215. The predicted octanol–water partition coefficient (Wildman–Crippen LogP) is 43.2. The van der Waals surface area contributed by atoms with Crippen molar-refractivity contribution in [2.45, 2.75) is 319 Å². The number of rotatable bonds is 0. The zero-order valence-corrected chi connectivity index (χ0v) is 4.92. The van der Waals surface area contributed by atoms with E-state index in [2.05, 4.69) is 7.85 Å². The Kier molecular flexibility index (Phi) is 75700. The average molecular weight is 1150 g/mol. The van der Waals surface area contributed by atoms with Crippen molar-refractivity contribution in [3.05, 3.63) is 0 Å². The molecule has 0 fully saturated rings. The summed E-state index contributed by atoms with van der Waals surface area (Å²) in [5.41, 5.74) is 0. The third-order valence-corrected chi connectivity index (χ3v) is 0. The molecule has 0 nitrogen and oxygen atoms in total. The molecule has 0 amide bonds. The van der Waals surface area contributed by atoms with Crippen LogP contribution in [0.5, 0.6) is 0 Å². The fourth-order valence-corrected chi connectivity index (χ4v) is 0. The Hall–Kier alpha value is 0.753. The maximum absolute atomic E-state index is 5.00. The van der Waals surface area contributed by atoms with Gasteiger partial charge in [-0.3, -0.25) is 0 Å². The Labute approximate surface area is 543 Å². The van der Waals surface area contributed by atoms with Gasteiger partial charge in [0.05, 0.1) is 7.85 Å². The first-order valence-corrected chi connectivity index (χ1v) is 0.577. The largest absolute Gasteiger partial charge is 0.0999 e. The predicted molar refractivity (Wildman–Crippen MR) is 434 cm³/mol. The molecule has 0 aromatic rings. The zero-order chi connectivity index (χ0) is 126. The van der Waals surface area contributed by atoms with E-state index in [0.29, 0.717) is 0 Å². The van der Waals surface area contributed by atoms with E-state index in [4.69, 9.17) is 184 Å². The molecule has 2 heteroatoms. The second-order valence-electron chi connectivity index (χ2n) is 0. The first-order chi connectivity index (χ1) is 63.0. The molecule has 0 aromatic heterocycles. The molecular formula is C43H303BW. The smallest absolute Gasteiger partial charge is 0.0606 e. The van der Waals surface area contributed by atoms with Crippen LogP contribution >= 0.6 is 0 Å². The van der Waals surface area contributed by atoms with Crippen LogP contribution in [0.4, 0.5) is 0 Å². The van der Waals surface area contributed by atoms with E-state index < -0.39 is 0 Å². The molecule has 45 heavy (non-hydrogen) atoms. The van der Waals surface area contributed by atoms with Crippen molar-refractivity contribution in [2.24, 2.45) is 0 Å². The second kappa shape index (κ2) is 151000. The van der Waals surface area contributed by atoms with Gasteiger partial charge < -0.3 is 0 Å². The summed E-state index contributed by atoms with van der Waals surface area (Å²) in [5.74, 6) is 0. The molecule has 0 unspecified atom stereocenters. The van der Waals surface area contributed by atoms with Crippen molar-refractivity contribution in [1.29, 1.82) is 0 Å². The van der Waals surface area contributed by atoms with Crippen molar-refractivity contribution < 1.29 is 211 Å². The summed E-state index contributed by atoms with van der Waals surface area (Å²) in [7, 11) is 4.50. The van der Waals surface area contributed by atoms with Crippen LogP contribution < -0.4 is 0 Å². The standard InChI is InChI=1S/CH3B.42CH4.W.66H2/c1-2;;;;;;;;;;;;;;;;;;;;;;;;;;;;;;;;;;;;;;;;;;;;;;;;;;;;;;;;;;;;;;;;;;;;;;;;;;;;;;;;;;;;;;;;;;;;;;;;;;;;;;;;;;;;;/h1H3;42*1H4;;66*1H/i;;;;;;;;;;;;;;;;;;;;;;;;;;;;;;;;;;;;;;;;;;;;62*1+1D;4*1+1. The summed E-state index contributed by atoms with van der Waals surface area (Å²) < 4.78 is 620. The van der Waals surface area contributed by atoms with E-state index >= 15 is 0 Å². The van der Waals surface area contributed by atoms with Gasteiger partial charge in [-0.2, -0.15) is 0 Å². The molecule has 0 aromatic carbocycles. The fraction of sp³-hybridized carbons (Fsp3) is 1.00. The van der Waals surface area contributed by atoms with Crippen LogP contribution in [0.15, 0.2) is 0 Å². The van der Waals surface area contributed by atoms with Gasteiger partial charge in [0.15, 0.2) is 0 Å². The Morgan fingerprint density at radius 3 is 0.156 bits per heavy atom. The minimum atomic E-state index is 0. The van der Waals surface area contributed by atoms with Crippen molar-refractivity contribution in [3.63, 3.8) is 0 Å². The SMILES string of the molecule is C.C.C.C.C.C.C.C.C.C.C.C.C.C.C.C.C.C.C.C.C.C.C.C.C.C.C.C.C.C.C.C.C.C.C.C.C.C.C.C.C.C.[2HH].[2HH].[2HH].[2HH].[2H][2H].[2H][2H].[2H][2H].[2H][2H].[2H][2H].[2H][2H].[2H][2H].[2H][2H].[2H][2H].[2H][2H].[2H][2H].[2H][2H].[2H][2H].[2H][2H].[2H][2H].[2H][2H].[2H][2H].[2H][2H].[2H][2H].[2H][2H].[2H][2H].[2H][2H].[2H][2H].[2H][2H].[2H][2H].[2H][2H].[2H][2H].[2H][2H].[2H][2H].[2H][2H].[2H][2H].[2H][2H].[2H][2H].[2H][2H].[2H][2H].[2H][2H].[2H][2H].[2H][2H].[2H][2H].[2H][2H].[2H][2H].[2H][2H].[2H][2H].[2H][2H].[2H][2H].[2H][2H].[2H][2H].[2H][2H].[2H][2H].[2H][2H].[2H][2H].[2H][2H].[2H][2H].[2H][2H].[2H][2H].[2H][2H].[2H][2H].[2H][2H].[2H][2H].[2H][2H].[2H][2H].[2H][2H].[B]C.[W]. The van der Waals surface area contributed by atoms with Crippen LogP contribution in [0.2, 0.25) is 6.82 Å². The van der Waals surface area contributed by atoms with Crippen LogP contribution in [0.1, 0.15) is 502 Å². The van der Waals surface area contributed by atoms with Crippen LogP contribution in [0, 0.1) is 0 Å². The maximum atomic E-state index is 5.00. The molecule has 484 valence electrons. The monoisotopic (exact) mass is 1150 g/mol. The first-order valence-electron chi connectivity index (χ1n) is 62.6. The summed E-state index contributed by atoms with van der Waals surface area (Å²) in [6.07, 6.45) is 0. The van der Waals surface area contributed by atoms with Gasteiger partial charge in [-0.25, -0.2) is 0 Å². The van der Waals surface area contributed by atoms with Gasteiger partial charge in [-0.05, 0) is 0 Å². The van der Waals surface area contributed by atoms with Gasteiger partial charge in [-0.1, -0.05) is 319 Å². The van der Waals surface area contributed by atoms with E-state index in [9.17, 15) is 0 Å². The van der Waals surface area contributed by atoms with Gasteiger partial charge in [0.2, 0.25) is 0 Å². The van der Waals surface area contributed by atoms with Gasteiger partial charge in [0, 0.05) is 211 Å². The Morgan fingerprint density at radius 1 is 0.156 bits per heavy atom. The van der Waals surface area contributed by atoms with Crippen molar-refractivity contribution >= 4 is 7.85 Å². The molecule has 0 saturated heterocycles. The molecule has 0 N–H and O–H groups in total. The van der Waals surface area contributed by atoms with Crippen molar-refractivity contribution in [3.8, 4) is 0 Å². The molecule has 0 aliphatic heterocycles. The van der Waals surface area contributed by atoms with Crippen LogP contribution in [-0.4, -0.2) is 7.85 Å². The summed E-state index contributed by atoms with van der Waals surface area (Å²) in [6.45, 7) is 1.50. The Bertz CT molecular complexity index is 157. The van der Waals surface area contributed by atoms with E-state index in [1.807, 2.05) is 0 Å². The minimum absolute atomic E-state index is 0. The summed E-state index contributed by atoms with van der Waals surface area (Å²) in [5, 5.41) is 0. The first kappa shape index (κ1) is 22.5. The van der Waals surface area contributed by atoms with Gasteiger partial charge in [-0.15, -0.1) is 0 Å². The minimum Gasteiger partial charge on any atom is -0.0999 e. The Morgan fingerprint density at radius 2 is 0.156 bits per heavy atom. The summed E-state index contributed by atoms with van der Waals surface area (Å²) >= 11 is 0. The fourth-order valence-electron chi connectivity index (χ4n) is 0. The van der Waals surface area contributed by atoms with Crippen LogP contribution in [-0.2, 0) is 21.1 Å². The van der Waals surface area contributed by atoms with E-state index in [1.54, 1.807) is 0 Å². The molecular weight excluding hydrogens is 711 g/mol. The molecule has 0 saturated carbocycles. The quantitative estimate of drug-likeness (QED) is 0.212. The molecule has 0 atom stereocenters. The molecule has 2 radical (unpaired) electrons. The third-order valence-electron chi connectivity index (χ3n) is 0. The molecule has 0 heterocycles. The van der Waals surface area contributed by atoms with Crippen molar-refractivity contribution in [2.75, 3.05) is 0 Å². The average Bonchev–Trinajstić information content (AvgIpc) is 4.04. The molecule has 0 aliphatic carbocycles. The molecule has 0 bridgehead atoms.